The van der Waals surface area contributed by atoms with Crippen LogP contribution in [0.5, 0.6) is 5.75 Å². The molecular weight excluding hydrogens is 376 g/mol. The molecule has 3 rings (SSSR count). The van der Waals surface area contributed by atoms with Crippen LogP contribution in [0.15, 0.2) is 54.6 Å². The summed E-state index contributed by atoms with van der Waals surface area (Å²) in [5, 5.41) is 0. The first kappa shape index (κ1) is 18.8. The van der Waals surface area contributed by atoms with Crippen molar-refractivity contribution in [3.8, 4) is 5.75 Å². The fourth-order valence-electron chi connectivity index (χ4n) is 2.65. The topological polar surface area (TPSA) is 29.5 Å². The smallest absolute Gasteiger partial charge is 0.406 e. The number of ether oxygens (including phenoxy) is 1. The van der Waals surface area contributed by atoms with Gasteiger partial charge in [-0.05, 0) is 42.0 Å². The molecule has 0 fully saturated rings. The highest BCUT2D eigenvalue weighted by Crippen LogP contribution is 2.34. The molecule has 1 amide bonds. The monoisotopic (exact) mass is 387 g/mol. The van der Waals surface area contributed by atoms with Gasteiger partial charge in [0.15, 0.2) is 0 Å². The lowest BCUT2D eigenvalue weighted by Gasteiger charge is -2.18. The summed E-state index contributed by atoms with van der Waals surface area (Å²) in [6, 6.07) is 9.02. The van der Waals surface area contributed by atoms with Crippen molar-refractivity contribution in [1.82, 2.24) is 0 Å². The molecule has 27 heavy (non-hydrogen) atoms. The predicted octanol–water partition coefficient (Wildman–Crippen LogP) is 5.03. The fourth-order valence-corrected chi connectivity index (χ4v) is 2.65. The molecule has 0 saturated carbocycles. The Morgan fingerprint density at radius 1 is 0.926 bits per heavy atom. The van der Waals surface area contributed by atoms with Crippen LogP contribution in [-0.2, 0) is 11.0 Å². The van der Waals surface area contributed by atoms with Crippen molar-refractivity contribution in [3.63, 3.8) is 0 Å². The molecule has 2 aromatic rings. The summed E-state index contributed by atoms with van der Waals surface area (Å²) in [7, 11) is 0. The molecule has 142 valence electrons. The van der Waals surface area contributed by atoms with Crippen molar-refractivity contribution in [1.29, 1.82) is 0 Å². The number of rotatable bonds is 3. The van der Waals surface area contributed by atoms with Crippen molar-refractivity contribution < 1.29 is 35.9 Å². The van der Waals surface area contributed by atoms with Crippen molar-refractivity contribution >= 4 is 17.2 Å². The van der Waals surface area contributed by atoms with E-state index in [2.05, 4.69) is 4.74 Å². The minimum Gasteiger partial charge on any atom is -0.406 e. The number of halogens is 6. The fraction of sp³-hybridized carbons (Fsp3) is 0.167. The highest BCUT2D eigenvalue weighted by Gasteiger charge is 2.33. The normalized spacial score (nSPS) is 15.1. The Labute approximate surface area is 149 Å². The van der Waals surface area contributed by atoms with Crippen LogP contribution in [-0.4, -0.2) is 18.8 Å². The Kier molecular flexibility index (Phi) is 4.63. The average Bonchev–Trinajstić information content (AvgIpc) is 2.95. The largest absolute Gasteiger partial charge is 0.573 e. The molecule has 1 heterocycles. The Morgan fingerprint density at radius 2 is 1.59 bits per heavy atom. The number of carbonyl (C=O) groups is 1. The van der Waals surface area contributed by atoms with Crippen molar-refractivity contribution in [2.45, 2.75) is 12.5 Å². The standard InChI is InChI=1S/C18H11F6NO2/c19-17(20,21)12-3-1-2-11(10-12)15-8-9-25(16(15)26)13-4-6-14(7-5-13)27-18(22,23)24/h1-8,10H,9H2. The molecule has 0 atom stereocenters. The van der Waals surface area contributed by atoms with Gasteiger partial charge in [0, 0.05) is 17.8 Å². The first-order valence-corrected chi connectivity index (χ1v) is 7.60. The summed E-state index contributed by atoms with van der Waals surface area (Å²) < 4.78 is 78.8. The summed E-state index contributed by atoms with van der Waals surface area (Å²) in [6.45, 7) is 0.0872. The maximum atomic E-state index is 12.8. The highest BCUT2D eigenvalue weighted by atomic mass is 19.4. The molecule has 1 aliphatic rings. The van der Waals surface area contributed by atoms with Gasteiger partial charge < -0.3 is 9.64 Å². The van der Waals surface area contributed by atoms with Gasteiger partial charge in [-0.2, -0.15) is 13.2 Å². The van der Waals surface area contributed by atoms with E-state index >= 15 is 0 Å². The van der Waals surface area contributed by atoms with Crippen LogP contribution in [0.25, 0.3) is 5.57 Å². The zero-order valence-electron chi connectivity index (χ0n) is 13.4. The second kappa shape index (κ2) is 6.64. The summed E-state index contributed by atoms with van der Waals surface area (Å²) in [5.41, 5.74) is -0.361. The lowest BCUT2D eigenvalue weighted by molar-refractivity contribution is -0.274. The van der Waals surface area contributed by atoms with Crippen LogP contribution in [0.4, 0.5) is 32.0 Å². The molecule has 9 heteroatoms. The summed E-state index contributed by atoms with van der Waals surface area (Å²) in [5.74, 6) is -0.984. The van der Waals surface area contributed by atoms with E-state index in [9.17, 15) is 31.1 Å². The van der Waals surface area contributed by atoms with Crippen molar-refractivity contribution in [2.75, 3.05) is 11.4 Å². The third-order valence-corrected chi connectivity index (χ3v) is 3.84. The molecule has 0 radical (unpaired) electrons. The van der Waals surface area contributed by atoms with E-state index in [1.54, 1.807) is 0 Å². The van der Waals surface area contributed by atoms with E-state index in [0.29, 0.717) is 5.69 Å². The molecule has 0 bridgehead atoms. The van der Waals surface area contributed by atoms with Gasteiger partial charge in [-0.25, -0.2) is 0 Å². The zero-order valence-corrected chi connectivity index (χ0v) is 13.4. The van der Waals surface area contributed by atoms with Gasteiger partial charge in [0.1, 0.15) is 5.75 Å². The second-order valence-electron chi connectivity index (χ2n) is 5.65. The molecule has 1 aliphatic heterocycles. The van der Waals surface area contributed by atoms with E-state index in [1.807, 2.05) is 0 Å². The van der Waals surface area contributed by atoms with Gasteiger partial charge in [0.05, 0.1) is 5.56 Å². The molecule has 0 saturated heterocycles. The lowest BCUT2D eigenvalue weighted by atomic mass is 10.0. The van der Waals surface area contributed by atoms with Gasteiger partial charge in [0.2, 0.25) is 0 Å². The molecular formula is C18H11F6NO2. The molecule has 0 N–H and O–H groups in total. The van der Waals surface area contributed by atoms with Crippen LogP contribution in [0.2, 0.25) is 0 Å². The maximum Gasteiger partial charge on any atom is 0.573 e. The minimum atomic E-state index is -4.83. The average molecular weight is 387 g/mol. The Hall–Kier alpha value is -2.97. The molecule has 0 spiro atoms. The minimum absolute atomic E-state index is 0.0872. The molecule has 3 nitrogen and oxygen atoms in total. The number of alkyl halides is 6. The van der Waals surface area contributed by atoms with Crippen molar-refractivity contribution in [3.05, 3.63) is 65.7 Å². The number of amides is 1. The molecule has 2 aromatic carbocycles. The number of nitrogens with zero attached hydrogens (tertiary/aromatic N) is 1. The molecule has 0 aliphatic carbocycles. The number of benzene rings is 2. The maximum absolute atomic E-state index is 12.8. The number of anilines is 1. The van der Waals surface area contributed by atoms with Gasteiger partial charge in [-0.15, -0.1) is 13.2 Å². The van der Waals surface area contributed by atoms with Crippen LogP contribution in [0.3, 0.4) is 0 Å². The SMILES string of the molecule is O=C1C(c2cccc(C(F)(F)F)c2)=CCN1c1ccc(OC(F)(F)F)cc1. The van der Waals surface area contributed by atoms with Crippen molar-refractivity contribution in [2.24, 2.45) is 0 Å². The van der Waals surface area contributed by atoms with E-state index in [4.69, 9.17) is 0 Å². The van der Waals surface area contributed by atoms with Crippen LogP contribution < -0.4 is 9.64 Å². The lowest BCUT2D eigenvalue weighted by Crippen LogP contribution is -2.26. The van der Waals surface area contributed by atoms with Crippen LogP contribution >= 0.6 is 0 Å². The quantitative estimate of drug-likeness (QED) is 0.691. The van der Waals surface area contributed by atoms with Gasteiger partial charge >= 0.3 is 12.5 Å². The molecule has 0 aromatic heterocycles. The Bertz CT molecular complexity index is 884. The highest BCUT2D eigenvalue weighted by molar-refractivity contribution is 6.28. The number of carbonyl (C=O) groups excluding carboxylic acids is 1. The summed E-state index contributed by atoms with van der Waals surface area (Å²) >= 11 is 0. The Balaban J connectivity index is 1.79. The van der Waals surface area contributed by atoms with E-state index in [-0.39, 0.29) is 17.7 Å². The van der Waals surface area contributed by atoms with Gasteiger partial charge in [-0.1, -0.05) is 18.2 Å². The predicted molar refractivity (Wildman–Crippen MR) is 84.9 cm³/mol. The first-order chi connectivity index (χ1) is 12.5. The van der Waals surface area contributed by atoms with Crippen LogP contribution in [0, 0.1) is 0 Å². The second-order valence-corrected chi connectivity index (χ2v) is 5.65. The van der Waals surface area contributed by atoms with E-state index < -0.39 is 29.8 Å². The summed E-state index contributed by atoms with van der Waals surface area (Å²) in [6.07, 6.45) is -7.90. The molecule has 0 unspecified atom stereocenters. The van der Waals surface area contributed by atoms with Gasteiger partial charge in [-0.3, -0.25) is 4.79 Å². The zero-order chi connectivity index (χ0) is 19.8. The number of hydrogen-bond donors (Lipinski definition) is 0. The Morgan fingerprint density at radius 3 is 2.19 bits per heavy atom. The van der Waals surface area contributed by atoms with Crippen LogP contribution in [0.1, 0.15) is 11.1 Å². The third-order valence-electron chi connectivity index (χ3n) is 3.84. The number of hydrogen-bond acceptors (Lipinski definition) is 2. The van der Waals surface area contributed by atoms with Gasteiger partial charge in [0.25, 0.3) is 5.91 Å². The third kappa shape index (κ3) is 4.24. The van der Waals surface area contributed by atoms with E-state index in [0.717, 1.165) is 24.3 Å². The summed E-state index contributed by atoms with van der Waals surface area (Å²) in [4.78, 5) is 13.8. The van der Waals surface area contributed by atoms with E-state index in [1.165, 1.54) is 35.2 Å². The first-order valence-electron chi connectivity index (χ1n) is 7.60.